The molecule has 0 fully saturated rings. The lowest BCUT2D eigenvalue weighted by atomic mass is 10.1. The number of fused-ring (bicyclic) bond motifs is 1. The van der Waals surface area contributed by atoms with Gasteiger partial charge in [-0.3, -0.25) is 4.79 Å². The third-order valence-corrected chi connectivity index (χ3v) is 3.89. The minimum absolute atomic E-state index is 0.212. The summed E-state index contributed by atoms with van der Waals surface area (Å²) >= 11 is 11.9. The van der Waals surface area contributed by atoms with E-state index in [2.05, 4.69) is 5.32 Å². The third-order valence-electron chi connectivity index (χ3n) is 3.42. The van der Waals surface area contributed by atoms with E-state index in [1.165, 1.54) is 0 Å². The van der Waals surface area contributed by atoms with Crippen molar-refractivity contribution in [2.24, 2.45) is 0 Å². The van der Waals surface area contributed by atoms with Crippen LogP contribution in [0.25, 0.3) is 6.08 Å². The highest BCUT2D eigenvalue weighted by Crippen LogP contribution is 2.29. The summed E-state index contributed by atoms with van der Waals surface area (Å²) in [4.78, 5) is 12.4. The molecule has 0 spiro atoms. The maximum atomic E-state index is 12.4. The molecule has 0 aromatic heterocycles. The van der Waals surface area contributed by atoms with Crippen molar-refractivity contribution in [1.82, 2.24) is 0 Å². The quantitative estimate of drug-likeness (QED) is 0.863. The van der Waals surface area contributed by atoms with E-state index in [4.69, 9.17) is 27.9 Å². The topological polar surface area (TPSA) is 38.3 Å². The molecular formula is C17H13Cl2NO2. The van der Waals surface area contributed by atoms with Crippen LogP contribution in [0.3, 0.4) is 0 Å². The van der Waals surface area contributed by atoms with Gasteiger partial charge in [0.2, 0.25) is 0 Å². The smallest absolute Gasteiger partial charge is 0.255 e. The zero-order valence-corrected chi connectivity index (χ0v) is 13.3. The summed E-state index contributed by atoms with van der Waals surface area (Å²) < 4.78 is 5.59. The molecule has 0 saturated heterocycles. The number of amides is 1. The summed E-state index contributed by atoms with van der Waals surface area (Å²) in [6, 6.07) is 10.7. The number of halogens is 2. The van der Waals surface area contributed by atoms with Crippen LogP contribution >= 0.6 is 23.2 Å². The number of anilines is 1. The fourth-order valence-electron chi connectivity index (χ4n) is 2.21. The van der Waals surface area contributed by atoms with Crippen molar-refractivity contribution < 1.29 is 9.53 Å². The van der Waals surface area contributed by atoms with Gasteiger partial charge in [-0.25, -0.2) is 0 Å². The second kappa shape index (κ2) is 6.03. The largest absolute Gasteiger partial charge is 0.488 e. The average Bonchev–Trinajstić information content (AvgIpc) is 2.50. The number of rotatable bonds is 2. The van der Waals surface area contributed by atoms with Gasteiger partial charge in [-0.05, 0) is 48.9 Å². The van der Waals surface area contributed by atoms with Gasteiger partial charge < -0.3 is 10.1 Å². The van der Waals surface area contributed by atoms with Crippen LogP contribution in [-0.4, -0.2) is 12.5 Å². The van der Waals surface area contributed by atoms with Crippen molar-refractivity contribution in [1.29, 1.82) is 0 Å². The summed E-state index contributed by atoms with van der Waals surface area (Å²) in [5.41, 5.74) is 2.97. The molecule has 0 radical (unpaired) electrons. The summed E-state index contributed by atoms with van der Waals surface area (Å²) in [5.74, 6) is 0.510. The van der Waals surface area contributed by atoms with Crippen LogP contribution in [0.4, 0.5) is 5.69 Å². The molecule has 1 heterocycles. The molecule has 0 atom stereocenters. The Bertz CT molecular complexity index is 784. The average molecular weight is 334 g/mol. The number of benzene rings is 2. The van der Waals surface area contributed by atoms with E-state index in [1.807, 2.05) is 13.0 Å². The number of carbonyl (C=O) groups is 1. The van der Waals surface area contributed by atoms with Gasteiger partial charge in [0.1, 0.15) is 12.4 Å². The Morgan fingerprint density at radius 2 is 1.86 bits per heavy atom. The van der Waals surface area contributed by atoms with Crippen LogP contribution < -0.4 is 10.1 Å². The first-order valence-electron chi connectivity index (χ1n) is 6.73. The van der Waals surface area contributed by atoms with Gasteiger partial charge in [-0.1, -0.05) is 29.3 Å². The lowest BCUT2D eigenvalue weighted by Gasteiger charge is -2.18. The summed E-state index contributed by atoms with van der Waals surface area (Å²) in [7, 11) is 0. The van der Waals surface area contributed by atoms with E-state index < -0.39 is 0 Å². The Morgan fingerprint density at radius 3 is 2.68 bits per heavy atom. The molecule has 2 aromatic carbocycles. The molecule has 1 amide bonds. The van der Waals surface area contributed by atoms with E-state index in [0.717, 1.165) is 16.9 Å². The molecule has 0 unspecified atom stereocenters. The van der Waals surface area contributed by atoms with Gasteiger partial charge >= 0.3 is 0 Å². The second-order valence-electron chi connectivity index (χ2n) is 5.05. The zero-order chi connectivity index (χ0) is 15.7. The molecule has 1 aliphatic rings. The highest BCUT2D eigenvalue weighted by atomic mass is 35.5. The van der Waals surface area contributed by atoms with Crippen LogP contribution in [0.15, 0.2) is 42.0 Å². The Kier molecular flexibility index (Phi) is 4.10. The van der Waals surface area contributed by atoms with Crippen molar-refractivity contribution >= 4 is 40.9 Å². The monoisotopic (exact) mass is 333 g/mol. The van der Waals surface area contributed by atoms with Crippen LogP contribution in [0.2, 0.25) is 10.0 Å². The SMILES string of the molecule is Cc1ccc(Cl)cc1NC(=O)C1=Cc2cc(Cl)ccc2OC1. The molecule has 0 aliphatic carbocycles. The predicted octanol–water partition coefficient (Wildman–Crippen LogP) is 4.72. The number of hydrogen-bond donors (Lipinski definition) is 1. The van der Waals surface area contributed by atoms with Crippen molar-refractivity contribution in [3.05, 3.63) is 63.1 Å². The maximum Gasteiger partial charge on any atom is 0.255 e. The minimum atomic E-state index is -0.212. The highest BCUT2D eigenvalue weighted by Gasteiger charge is 2.18. The first-order valence-corrected chi connectivity index (χ1v) is 7.49. The molecule has 0 saturated carbocycles. The fourth-order valence-corrected chi connectivity index (χ4v) is 2.56. The zero-order valence-electron chi connectivity index (χ0n) is 11.8. The molecule has 2 aromatic rings. The summed E-state index contributed by atoms with van der Waals surface area (Å²) in [5, 5.41) is 4.04. The molecule has 3 rings (SSSR count). The molecular weight excluding hydrogens is 321 g/mol. The van der Waals surface area contributed by atoms with Gasteiger partial charge in [0, 0.05) is 21.3 Å². The fraction of sp³-hybridized carbons (Fsp3) is 0.118. The first-order chi connectivity index (χ1) is 10.5. The standard InChI is InChI=1S/C17H13Cl2NO2/c1-10-2-3-14(19)8-15(10)20-17(21)12-6-11-7-13(18)4-5-16(11)22-9-12/h2-8H,9H2,1H3,(H,20,21). The van der Waals surface area contributed by atoms with Crippen molar-refractivity contribution in [3.63, 3.8) is 0 Å². The van der Waals surface area contributed by atoms with Gasteiger partial charge in [-0.15, -0.1) is 0 Å². The van der Waals surface area contributed by atoms with Crippen LogP contribution in [-0.2, 0) is 4.79 Å². The first kappa shape index (κ1) is 14.9. The predicted molar refractivity (Wildman–Crippen MR) is 89.7 cm³/mol. The second-order valence-corrected chi connectivity index (χ2v) is 5.93. The Balaban J connectivity index is 1.85. The molecule has 112 valence electrons. The number of hydrogen-bond acceptors (Lipinski definition) is 2. The van der Waals surface area contributed by atoms with Gasteiger partial charge in [-0.2, -0.15) is 0 Å². The van der Waals surface area contributed by atoms with E-state index in [0.29, 0.717) is 21.3 Å². The number of carbonyl (C=O) groups excluding carboxylic acids is 1. The van der Waals surface area contributed by atoms with Gasteiger partial charge in [0.05, 0.1) is 5.57 Å². The minimum Gasteiger partial charge on any atom is -0.488 e. The molecule has 1 aliphatic heterocycles. The van der Waals surface area contributed by atoms with Gasteiger partial charge in [0.15, 0.2) is 0 Å². The lowest BCUT2D eigenvalue weighted by Crippen LogP contribution is -2.21. The van der Waals surface area contributed by atoms with Crippen molar-refractivity contribution in [3.8, 4) is 5.75 Å². The van der Waals surface area contributed by atoms with Crippen molar-refractivity contribution in [2.45, 2.75) is 6.92 Å². The lowest BCUT2D eigenvalue weighted by molar-refractivity contribution is -0.113. The van der Waals surface area contributed by atoms with Crippen LogP contribution in [0.1, 0.15) is 11.1 Å². The number of aryl methyl sites for hydroxylation is 1. The Morgan fingerprint density at radius 1 is 1.14 bits per heavy atom. The molecule has 5 heteroatoms. The summed E-state index contributed by atoms with van der Waals surface area (Å²) in [6.45, 7) is 2.13. The maximum absolute atomic E-state index is 12.4. The Labute approximate surface area is 138 Å². The van der Waals surface area contributed by atoms with E-state index in [1.54, 1.807) is 36.4 Å². The van der Waals surface area contributed by atoms with Gasteiger partial charge in [0.25, 0.3) is 5.91 Å². The Hall–Kier alpha value is -1.97. The van der Waals surface area contributed by atoms with Crippen LogP contribution in [0.5, 0.6) is 5.75 Å². The number of ether oxygens (including phenoxy) is 1. The molecule has 1 N–H and O–H groups in total. The van der Waals surface area contributed by atoms with E-state index in [-0.39, 0.29) is 12.5 Å². The number of nitrogens with one attached hydrogen (secondary N) is 1. The molecule has 3 nitrogen and oxygen atoms in total. The van der Waals surface area contributed by atoms with E-state index in [9.17, 15) is 4.79 Å². The van der Waals surface area contributed by atoms with E-state index >= 15 is 0 Å². The summed E-state index contributed by atoms with van der Waals surface area (Å²) in [6.07, 6.45) is 1.79. The molecule has 0 bridgehead atoms. The highest BCUT2D eigenvalue weighted by molar-refractivity contribution is 6.31. The van der Waals surface area contributed by atoms with Crippen molar-refractivity contribution in [2.75, 3.05) is 11.9 Å². The van der Waals surface area contributed by atoms with Crippen LogP contribution in [0, 0.1) is 6.92 Å². The third kappa shape index (κ3) is 3.11. The normalized spacial score (nSPS) is 13.0. The molecule has 22 heavy (non-hydrogen) atoms.